The summed E-state index contributed by atoms with van der Waals surface area (Å²) in [5.41, 5.74) is -0.444. The van der Waals surface area contributed by atoms with E-state index in [1.807, 2.05) is 0 Å². The van der Waals surface area contributed by atoms with Crippen molar-refractivity contribution in [3.63, 3.8) is 0 Å². The second-order valence-electron chi connectivity index (χ2n) is 6.38. The van der Waals surface area contributed by atoms with E-state index in [1.165, 1.54) is 0 Å². The van der Waals surface area contributed by atoms with E-state index in [4.69, 9.17) is 9.57 Å². The Labute approximate surface area is 190 Å². The van der Waals surface area contributed by atoms with Crippen molar-refractivity contribution in [1.82, 2.24) is 4.73 Å². The monoisotopic (exact) mass is 533 g/mol. The molecule has 1 heterocycles. The maximum Gasteiger partial charge on any atom is 0.534 e. The number of rotatable bonds is 6. The molecule has 0 aliphatic rings. The fraction of sp³-hybridized carbons (Fsp3) is 0.150. The van der Waals surface area contributed by atoms with Gasteiger partial charge in [0.05, 0.1) is 22.1 Å². The van der Waals surface area contributed by atoms with Crippen LogP contribution in [0, 0.1) is 0 Å². The standard InChI is InChI=1S/C20H15BrF3NO6S/c21-14-5-1-12(2-6-14)16(30-19(28)31-25-17(26)9-10-18(25)27)11-32(29)15-7-3-13(4-8-15)20(22,23)24/h1-10,16,26-27H,11H2. The van der Waals surface area contributed by atoms with Gasteiger partial charge in [0, 0.05) is 21.5 Å². The Balaban J connectivity index is 1.79. The number of benzene rings is 2. The van der Waals surface area contributed by atoms with Crippen molar-refractivity contribution >= 4 is 32.9 Å². The molecule has 0 aliphatic carbocycles. The molecule has 2 aromatic carbocycles. The lowest BCUT2D eigenvalue weighted by molar-refractivity contribution is -0.137. The quantitative estimate of drug-likeness (QED) is 0.442. The molecule has 0 saturated heterocycles. The van der Waals surface area contributed by atoms with Gasteiger partial charge in [0.1, 0.15) is 6.10 Å². The number of carbonyl (C=O) groups is 1. The number of hydrogen-bond donors (Lipinski definition) is 2. The molecular formula is C20H15BrF3NO6S. The molecule has 2 unspecified atom stereocenters. The lowest BCUT2D eigenvalue weighted by atomic mass is 10.1. The molecule has 0 aliphatic heterocycles. The summed E-state index contributed by atoms with van der Waals surface area (Å²) in [5, 5.41) is 19.1. The van der Waals surface area contributed by atoms with Gasteiger partial charge in [-0.3, -0.25) is 9.05 Å². The highest BCUT2D eigenvalue weighted by molar-refractivity contribution is 9.10. The van der Waals surface area contributed by atoms with Gasteiger partial charge in [0.2, 0.25) is 11.8 Å². The summed E-state index contributed by atoms with van der Waals surface area (Å²) >= 11 is 3.27. The number of nitrogens with zero attached hydrogens (tertiary/aromatic N) is 1. The third-order valence-electron chi connectivity index (χ3n) is 4.19. The van der Waals surface area contributed by atoms with Gasteiger partial charge in [-0.05, 0) is 42.0 Å². The van der Waals surface area contributed by atoms with E-state index >= 15 is 0 Å². The van der Waals surface area contributed by atoms with Crippen LogP contribution in [0.4, 0.5) is 18.0 Å². The summed E-state index contributed by atoms with van der Waals surface area (Å²) in [5.74, 6) is -1.41. The van der Waals surface area contributed by atoms with Crippen LogP contribution in [0.2, 0.25) is 0 Å². The summed E-state index contributed by atoms with van der Waals surface area (Å²) < 4.78 is 57.4. The van der Waals surface area contributed by atoms with Gasteiger partial charge >= 0.3 is 12.3 Å². The molecule has 0 spiro atoms. The zero-order chi connectivity index (χ0) is 23.5. The van der Waals surface area contributed by atoms with Crippen LogP contribution >= 0.6 is 15.9 Å². The number of hydrogen-bond acceptors (Lipinski definition) is 6. The largest absolute Gasteiger partial charge is 0.534 e. The first-order chi connectivity index (χ1) is 15.0. The molecule has 0 radical (unpaired) electrons. The van der Waals surface area contributed by atoms with Gasteiger partial charge in [-0.15, -0.1) is 4.73 Å². The fourth-order valence-electron chi connectivity index (χ4n) is 2.61. The van der Waals surface area contributed by atoms with Crippen LogP contribution in [0.3, 0.4) is 0 Å². The summed E-state index contributed by atoms with van der Waals surface area (Å²) in [6.45, 7) is 0. The Morgan fingerprint density at radius 2 is 1.56 bits per heavy atom. The molecule has 2 atom stereocenters. The summed E-state index contributed by atoms with van der Waals surface area (Å²) in [6.07, 6.45) is -6.95. The molecule has 0 amide bonds. The number of aromatic nitrogens is 1. The molecule has 32 heavy (non-hydrogen) atoms. The Morgan fingerprint density at radius 1 is 1.00 bits per heavy atom. The zero-order valence-corrected chi connectivity index (χ0v) is 18.4. The smallest absolute Gasteiger partial charge is 0.492 e. The van der Waals surface area contributed by atoms with E-state index in [1.54, 1.807) is 24.3 Å². The Bertz CT molecular complexity index is 1100. The van der Waals surface area contributed by atoms with Crippen LogP contribution in [0.5, 0.6) is 11.8 Å². The van der Waals surface area contributed by atoms with E-state index in [0.717, 1.165) is 40.9 Å². The summed E-state index contributed by atoms with van der Waals surface area (Å²) in [7, 11) is -1.84. The number of halogens is 4. The zero-order valence-electron chi connectivity index (χ0n) is 16.0. The van der Waals surface area contributed by atoms with Crippen molar-refractivity contribution in [2.24, 2.45) is 0 Å². The molecular weight excluding hydrogens is 519 g/mol. The van der Waals surface area contributed by atoms with Crippen LogP contribution in [-0.4, -0.2) is 31.1 Å². The third-order valence-corrected chi connectivity index (χ3v) is 6.12. The first-order valence-electron chi connectivity index (χ1n) is 8.84. The maximum atomic E-state index is 12.8. The van der Waals surface area contributed by atoms with Gasteiger partial charge < -0.3 is 14.9 Å². The Morgan fingerprint density at radius 3 is 2.09 bits per heavy atom. The van der Waals surface area contributed by atoms with Crippen LogP contribution in [0.1, 0.15) is 17.2 Å². The lowest BCUT2D eigenvalue weighted by Gasteiger charge is -2.18. The highest BCUT2D eigenvalue weighted by Crippen LogP contribution is 2.30. The minimum Gasteiger partial charge on any atom is -0.492 e. The number of ether oxygens (including phenoxy) is 1. The average Bonchev–Trinajstić information content (AvgIpc) is 3.05. The van der Waals surface area contributed by atoms with Crippen LogP contribution in [0.25, 0.3) is 0 Å². The summed E-state index contributed by atoms with van der Waals surface area (Å²) in [4.78, 5) is 17.1. The van der Waals surface area contributed by atoms with Gasteiger partial charge in [-0.1, -0.05) is 28.1 Å². The van der Waals surface area contributed by atoms with Crippen LogP contribution in [0.15, 0.2) is 70.0 Å². The predicted molar refractivity (Wildman–Crippen MR) is 110 cm³/mol. The van der Waals surface area contributed by atoms with Crippen LogP contribution < -0.4 is 4.84 Å². The molecule has 1 aromatic heterocycles. The molecule has 7 nitrogen and oxygen atoms in total. The number of aromatic hydroxyl groups is 2. The van der Waals surface area contributed by atoms with Gasteiger partial charge in [-0.25, -0.2) is 4.79 Å². The van der Waals surface area contributed by atoms with Crippen molar-refractivity contribution in [2.45, 2.75) is 17.2 Å². The van der Waals surface area contributed by atoms with E-state index in [9.17, 15) is 32.4 Å². The molecule has 0 saturated carbocycles. The van der Waals surface area contributed by atoms with E-state index < -0.39 is 46.6 Å². The third kappa shape index (κ3) is 5.82. The molecule has 3 rings (SSSR count). The van der Waals surface area contributed by atoms with Gasteiger partial charge in [0.15, 0.2) is 0 Å². The number of carbonyl (C=O) groups excluding carboxylic acids is 1. The fourth-order valence-corrected chi connectivity index (χ4v) is 4.04. The van der Waals surface area contributed by atoms with Crippen molar-refractivity contribution in [3.8, 4) is 11.8 Å². The highest BCUT2D eigenvalue weighted by atomic mass is 79.9. The number of alkyl halides is 3. The Kier molecular flexibility index (Phi) is 7.14. The van der Waals surface area contributed by atoms with E-state index in [0.29, 0.717) is 10.3 Å². The molecule has 170 valence electrons. The predicted octanol–water partition coefficient (Wildman–Crippen LogP) is 4.79. The molecule has 2 N–H and O–H groups in total. The van der Waals surface area contributed by atoms with Crippen molar-refractivity contribution in [1.29, 1.82) is 0 Å². The topological polar surface area (TPSA) is 98.0 Å². The van der Waals surface area contributed by atoms with Gasteiger partial charge in [0.25, 0.3) is 0 Å². The molecule has 0 fully saturated rings. The first-order valence-corrected chi connectivity index (χ1v) is 11.0. The van der Waals surface area contributed by atoms with E-state index in [-0.39, 0.29) is 10.6 Å². The molecule has 3 aromatic rings. The minimum absolute atomic E-state index is 0.109. The average molecular weight is 534 g/mol. The minimum atomic E-state index is -4.53. The Hall–Kier alpha value is -2.99. The van der Waals surface area contributed by atoms with Crippen LogP contribution in [-0.2, 0) is 21.7 Å². The van der Waals surface area contributed by atoms with Crippen molar-refractivity contribution in [2.75, 3.05) is 5.75 Å². The molecule has 12 heteroatoms. The second kappa shape index (κ2) is 9.65. The lowest BCUT2D eigenvalue weighted by Crippen LogP contribution is -2.24. The van der Waals surface area contributed by atoms with Crippen molar-refractivity contribution < 1.29 is 42.0 Å². The van der Waals surface area contributed by atoms with Crippen molar-refractivity contribution in [3.05, 3.63) is 76.3 Å². The second-order valence-corrected chi connectivity index (χ2v) is 8.79. The first kappa shape index (κ1) is 23.7. The summed E-state index contributed by atoms with van der Waals surface area (Å²) in [6, 6.07) is 12.5. The van der Waals surface area contributed by atoms with Gasteiger partial charge in [-0.2, -0.15) is 13.2 Å². The highest BCUT2D eigenvalue weighted by Gasteiger charge is 2.30. The SMILES string of the molecule is O=C(OC(CS(=O)c1ccc(C(F)(F)F)cc1)c1ccc(Br)cc1)On1c(O)ccc1O. The normalized spacial score (nSPS) is 13.4. The molecule has 0 bridgehead atoms. The van der Waals surface area contributed by atoms with E-state index in [2.05, 4.69) is 15.9 Å². The maximum absolute atomic E-state index is 12.8.